The minimum atomic E-state index is -1.21. The third-order valence-electron chi connectivity index (χ3n) is 6.97. The number of fused-ring (bicyclic) bond motifs is 3. The topological polar surface area (TPSA) is 95.9 Å². The molecular formula is C26H30N2O5. The van der Waals surface area contributed by atoms with Gasteiger partial charge in [0.2, 0.25) is 5.91 Å². The van der Waals surface area contributed by atoms with Gasteiger partial charge >= 0.3 is 12.1 Å². The van der Waals surface area contributed by atoms with Crippen LogP contribution in [0.3, 0.4) is 0 Å². The number of carboxylic acid groups (broad SMARTS) is 1. The van der Waals surface area contributed by atoms with Crippen molar-refractivity contribution in [2.75, 3.05) is 13.2 Å². The van der Waals surface area contributed by atoms with Crippen molar-refractivity contribution < 1.29 is 24.2 Å². The second kappa shape index (κ2) is 8.89. The molecule has 2 aromatic carbocycles. The van der Waals surface area contributed by atoms with Crippen LogP contribution in [0.2, 0.25) is 0 Å². The normalized spacial score (nSPS) is 17.3. The lowest BCUT2D eigenvalue weighted by Crippen LogP contribution is -2.61. The zero-order valence-electron chi connectivity index (χ0n) is 19.2. The van der Waals surface area contributed by atoms with Gasteiger partial charge in [0.15, 0.2) is 0 Å². The molecule has 2 unspecified atom stereocenters. The summed E-state index contributed by atoms with van der Waals surface area (Å²) in [6.07, 6.45) is 0.925. The molecule has 2 N–H and O–H groups in total. The van der Waals surface area contributed by atoms with Gasteiger partial charge in [-0.2, -0.15) is 0 Å². The van der Waals surface area contributed by atoms with Crippen molar-refractivity contribution in [1.29, 1.82) is 0 Å². The highest BCUT2D eigenvalue weighted by atomic mass is 16.5. The molecule has 0 aliphatic heterocycles. The quantitative estimate of drug-likeness (QED) is 0.633. The van der Waals surface area contributed by atoms with Gasteiger partial charge in [0.05, 0.1) is 0 Å². The van der Waals surface area contributed by atoms with E-state index in [1.165, 1.54) is 11.8 Å². The Kier molecular flexibility index (Phi) is 6.15. The van der Waals surface area contributed by atoms with Crippen molar-refractivity contribution >= 4 is 18.0 Å². The highest BCUT2D eigenvalue weighted by Gasteiger charge is 2.51. The molecule has 7 heteroatoms. The molecule has 2 amide bonds. The molecule has 2 aliphatic carbocycles. The maximum Gasteiger partial charge on any atom is 0.408 e. The number of amides is 2. The second-order valence-corrected chi connectivity index (χ2v) is 9.03. The first-order valence-corrected chi connectivity index (χ1v) is 11.4. The number of nitrogens with one attached hydrogen (secondary N) is 1. The number of carbonyl (C=O) groups is 3. The molecule has 0 spiro atoms. The van der Waals surface area contributed by atoms with Crippen LogP contribution in [0.1, 0.15) is 50.7 Å². The van der Waals surface area contributed by atoms with Gasteiger partial charge in [0, 0.05) is 12.5 Å². The van der Waals surface area contributed by atoms with Gasteiger partial charge in [-0.1, -0.05) is 48.5 Å². The number of carbonyl (C=O) groups excluding carboxylic acids is 2. The third-order valence-corrected chi connectivity index (χ3v) is 6.97. The molecule has 174 valence electrons. The van der Waals surface area contributed by atoms with Crippen molar-refractivity contribution in [1.82, 2.24) is 10.2 Å². The predicted molar refractivity (Wildman–Crippen MR) is 124 cm³/mol. The number of alkyl carbamates (subject to hydrolysis) is 1. The summed E-state index contributed by atoms with van der Waals surface area (Å²) < 4.78 is 5.65. The minimum absolute atomic E-state index is 0.0412. The van der Waals surface area contributed by atoms with E-state index < -0.39 is 29.6 Å². The van der Waals surface area contributed by atoms with E-state index in [-0.39, 0.29) is 25.0 Å². The van der Waals surface area contributed by atoms with Crippen LogP contribution in [0.25, 0.3) is 11.1 Å². The van der Waals surface area contributed by atoms with Crippen LogP contribution in [-0.4, -0.2) is 52.7 Å². The summed E-state index contributed by atoms with van der Waals surface area (Å²) in [6.45, 7) is 5.27. The highest BCUT2D eigenvalue weighted by molar-refractivity contribution is 5.93. The van der Waals surface area contributed by atoms with E-state index in [4.69, 9.17) is 4.74 Å². The molecule has 0 aromatic heterocycles. The van der Waals surface area contributed by atoms with E-state index >= 15 is 0 Å². The summed E-state index contributed by atoms with van der Waals surface area (Å²) in [5.41, 5.74) is 3.30. The monoisotopic (exact) mass is 450 g/mol. The van der Waals surface area contributed by atoms with Crippen molar-refractivity contribution in [3.05, 3.63) is 59.7 Å². The van der Waals surface area contributed by atoms with Gasteiger partial charge in [0.25, 0.3) is 0 Å². The number of likely N-dealkylation sites (N-methyl/N-ethyl adjacent to an activating group) is 1. The molecule has 33 heavy (non-hydrogen) atoms. The van der Waals surface area contributed by atoms with Gasteiger partial charge < -0.3 is 20.1 Å². The van der Waals surface area contributed by atoms with E-state index in [1.807, 2.05) is 36.4 Å². The number of rotatable bonds is 8. The van der Waals surface area contributed by atoms with E-state index in [1.54, 1.807) is 13.8 Å². The average molecular weight is 451 g/mol. The molecule has 1 saturated carbocycles. The second-order valence-electron chi connectivity index (χ2n) is 9.03. The van der Waals surface area contributed by atoms with Gasteiger partial charge in [-0.25, -0.2) is 9.59 Å². The molecule has 2 aliphatic rings. The molecule has 4 rings (SSSR count). The number of carboxylic acids is 1. The smallest absolute Gasteiger partial charge is 0.408 e. The fraction of sp³-hybridized carbons (Fsp3) is 0.423. The Bertz CT molecular complexity index is 1030. The summed E-state index contributed by atoms with van der Waals surface area (Å²) >= 11 is 0. The van der Waals surface area contributed by atoms with Crippen LogP contribution in [-0.2, 0) is 14.3 Å². The van der Waals surface area contributed by atoms with Crippen LogP contribution in [0, 0.1) is 5.92 Å². The zero-order valence-corrected chi connectivity index (χ0v) is 19.2. The van der Waals surface area contributed by atoms with E-state index in [2.05, 4.69) is 17.4 Å². The van der Waals surface area contributed by atoms with E-state index in [0.29, 0.717) is 0 Å². The fourth-order valence-electron chi connectivity index (χ4n) is 4.86. The zero-order chi connectivity index (χ0) is 23.8. The van der Waals surface area contributed by atoms with Crippen LogP contribution in [0.4, 0.5) is 4.79 Å². The number of nitrogens with zero attached hydrogens (tertiary/aromatic N) is 1. The van der Waals surface area contributed by atoms with Crippen LogP contribution < -0.4 is 5.32 Å². The fourth-order valence-corrected chi connectivity index (χ4v) is 4.86. The number of ether oxygens (including phenoxy) is 1. The molecule has 0 saturated heterocycles. The Hall–Kier alpha value is -3.35. The van der Waals surface area contributed by atoms with E-state index in [9.17, 15) is 19.5 Å². The average Bonchev–Trinajstić information content (AvgIpc) is 3.62. The molecule has 2 atom stereocenters. The first kappa shape index (κ1) is 22.8. The Morgan fingerprint density at radius 2 is 1.64 bits per heavy atom. The van der Waals surface area contributed by atoms with Gasteiger partial charge in [0.1, 0.15) is 18.2 Å². The SMILES string of the molecule is CCN(C(=O)C(C)(NC(=O)OCC1c2ccccc2-c2ccccc21)C1CC1)C(C)C(=O)O. The Balaban J connectivity index is 1.49. The molecular weight excluding hydrogens is 420 g/mol. The largest absolute Gasteiger partial charge is 0.480 e. The van der Waals surface area contributed by atoms with Crippen LogP contribution >= 0.6 is 0 Å². The van der Waals surface area contributed by atoms with E-state index in [0.717, 1.165) is 35.1 Å². The molecule has 0 radical (unpaired) electrons. The number of hydrogen-bond donors (Lipinski definition) is 2. The number of hydrogen-bond acceptors (Lipinski definition) is 4. The molecule has 1 fully saturated rings. The Labute approximate surface area is 193 Å². The summed E-state index contributed by atoms with van der Waals surface area (Å²) in [5.74, 6) is -1.59. The van der Waals surface area contributed by atoms with Gasteiger partial charge in [-0.3, -0.25) is 4.79 Å². The maximum absolute atomic E-state index is 13.3. The van der Waals surface area contributed by atoms with Crippen LogP contribution in [0.15, 0.2) is 48.5 Å². The van der Waals surface area contributed by atoms with Crippen molar-refractivity contribution in [2.24, 2.45) is 5.92 Å². The Morgan fingerprint density at radius 3 is 2.12 bits per heavy atom. The summed E-state index contributed by atoms with van der Waals surface area (Å²) in [5, 5.41) is 12.2. The highest BCUT2D eigenvalue weighted by Crippen LogP contribution is 2.45. The number of benzene rings is 2. The lowest BCUT2D eigenvalue weighted by molar-refractivity contribution is -0.152. The first-order valence-electron chi connectivity index (χ1n) is 11.4. The molecule has 2 aromatic rings. The lowest BCUT2D eigenvalue weighted by Gasteiger charge is -2.36. The summed E-state index contributed by atoms with van der Waals surface area (Å²) in [6, 6.07) is 15.2. The predicted octanol–water partition coefficient (Wildman–Crippen LogP) is 4.02. The van der Waals surface area contributed by atoms with Crippen molar-refractivity contribution in [3.8, 4) is 11.1 Å². The maximum atomic E-state index is 13.3. The summed E-state index contributed by atoms with van der Waals surface area (Å²) in [7, 11) is 0. The van der Waals surface area contributed by atoms with Gasteiger partial charge in [-0.05, 0) is 61.8 Å². The van der Waals surface area contributed by atoms with Crippen LogP contribution in [0.5, 0.6) is 0 Å². The lowest BCUT2D eigenvalue weighted by atomic mass is 9.93. The third kappa shape index (κ3) is 4.19. The first-order chi connectivity index (χ1) is 15.8. The standard InChI is InChI=1S/C26H30N2O5/c1-4-28(16(2)23(29)30)24(31)26(3,17-13-14-17)27-25(32)33-15-22-20-11-7-5-9-18(20)19-10-6-8-12-21(19)22/h5-12,16-17,22H,4,13-15H2,1-3H3,(H,27,32)(H,29,30). The summed E-state index contributed by atoms with van der Waals surface area (Å²) in [4.78, 5) is 39.0. The molecule has 7 nitrogen and oxygen atoms in total. The number of aliphatic carboxylic acids is 1. The van der Waals surface area contributed by atoms with Gasteiger partial charge in [-0.15, -0.1) is 0 Å². The molecule has 0 heterocycles. The minimum Gasteiger partial charge on any atom is -0.480 e. The molecule has 0 bridgehead atoms. The van der Waals surface area contributed by atoms with Crippen molar-refractivity contribution in [2.45, 2.75) is 51.1 Å². The Morgan fingerprint density at radius 1 is 1.09 bits per heavy atom. The van der Waals surface area contributed by atoms with Crippen molar-refractivity contribution in [3.63, 3.8) is 0 Å².